The van der Waals surface area contributed by atoms with Gasteiger partial charge in [0.1, 0.15) is 17.9 Å². The van der Waals surface area contributed by atoms with Gasteiger partial charge in [0.2, 0.25) is 0 Å². The summed E-state index contributed by atoms with van der Waals surface area (Å²) in [4.78, 5) is 17.0. The lowest BCUT2D eigenvalue weighted by atomic mass is 10.1. The molecule has 0 spiro atoms. The molecule has 0 amide bonds. The van der Waals surface area contributed by atoms with Crippen molar-refractivity contribution >= 4 is 34.0 Å². The molecule has 26 heavy (non-hydrogen) atoms. The zero-order valence-corrected chi connectivity index (χ0v) is 14.6. The Kier molecular flexibility index (Phi) is 4.33. The number of nitrogens with zero attached hydrogens (tertiary/aromatic N) is 4. The van der Waals surface area contributed by atoms with Gasteiger partial charge in [-0.2, -0.15) is 0 Å². The molecule has 0 aliphatic carbocycles. The van der Waals surface area contributed by atoms with E-state index in [2.05, 4.69) is 25.3 Å². The summed E-state index contributed by atoms with van der Waals surface area (Å²) in [5.74, 6) is 1.43. The van der Waals surface area contributed by atoms with Gasteiger partial charge in [-0.3, -0.25) is 9.97 Å². The van der Waals surface area contributed by atoms with Crippen LogP contribution in [-0.4, -0.2) is 27.0 Å². The van der Waals surface area contributed by atoms with Crippen molar-refractivity contribution in [3.63, 3.8) is 0 Å². The molecule has 0 unspecified atom stereocenters. The van der Waals surface area contributed by atoms with E-state index in [1.54, 1.807) is 31.8 Å². The van der Waals surface area contributed by atoms with E-state index < -0.39 is 0 Å². The number of ether oxygens (including phenoxy) is 1. The van der Waals surface area contributed by atoms with Gasteiger partial charge < -0.3 is 10.1 Å². The van der Waals surface area contributed by atoms with E-state index in [1.807, 2.05) is 30.3 Å². The Hall–Kier alpha value is -3.25. The third-order valence-electron chi connectivity index (χ3n) is 3.91. The van der Waals surface area contributed by atoms with Crippen LogP contribution in [-0.2, 0) is 0 Å². The molecule has 0 atom stereocenters. The number of fused-ring (bicyclic) bond motifs is 1. The molecule has 1 aromatic carbocycles. The summed E-state index contributed by atoms with van der Waals surface area (Å²) < 4.78 is 5.25. The lowest BCUT2D eigenvalue weighted by Gasteiger charge is -2.11. The molecule has 0 saturated heterocycles. The van der Waals surface area contributed by atoms with Gasteiger partial charge in [-0.25, -0.2) is 9.97 Å². The minimum atomic E-state index is 0.579. The van der Waals surface area contributed by atoms with Gasteiger partial charge in [-0.05, 0) is 30.3 Å². The number of aromatic nitrogens is 4. The molecule has 0 radical (unpaired) electrons. The molecule has 0 aliphatic rings. The molecular formula is C19H14ClN5O. The van der Waals surface area contributed by atoms with Gasteiger partial charge in [0, 0.05) is 35.1 Å². The highest BCUT2D eigenvalue weighted by molar-refractivity contribution is 6.33. The number of nitrogens with one attached hydrogen (secondary N) is 1. The van der Waals surface area contributed by atoms with Crippen molar-refractivity contribution in [1.82, 2.24) is 19.9 Å². The Morgan fingerprint density at radius 2 is 1.92 bits per heavy atom. The standard InChI is InChI=1S/C19H14ClN5O/c1-26-13-4-7-22-17(9-13)14-3-2-12(8-16(14)20)25-19-15-5-6-21-10-18(15)23-11-24-19/h2-11H,1H3,(H,23,24,25). The fourth-order valence-corrected chi connectivity index (χ4v) is 2.91. The van der Waals surface area contributed by atoms with Crippen LogP contribution in [0, 0.1) is 0 Å². The third kappa shape index (κ3) is 3.14. The maximum Gasteiger partial charge on any atom is 0.141 e. The quantitative estimate of drug-likeness (QED) is 0.575. The molecule has 4 aromatic rings. The first-order chi connectivity index (χ1) is 12.7. The highest BCUT2D eigenvalue weighted by Gasteiger charge is 2.09. The molecule has 4 rings (SSSR count). The van der Waals surface area contributed by atoms with Crippen LogP contribution in [0.1, 0.15) is 0 Å². The van der Waals surface area contributed by atoms with Gasteiger partial charge >= 0.3 is 0 Å². The van der Waals surface area contributed by atoms with E-state index in [0.29, 0.717) is 10.8 Å². The molecule has 3 heterocycles. The van der Waals surface area contributed by atoms with Crippen LogP contribution >= 0.6 is 11.6 Å². The highest BCUT2D eigenvalue weighted by Crippen LogP contribution is 2.32. The molecule has 1 N–H and O–H groups in total. The Labute approximate surface area is 154 Å². The first kappa shape index (κ1) is 16.2. The van der Waals surface area contributed by atoms with E-state index in [-0.39, 0.29) is 0 Å². The maximum atomic E-state index is 6.48. The smallest absolute Gasteiger partial charge is 0.141 e. The highest BCUT2D eigenvalue weighted by atomic mass is 35.5. The van der Waals surface area contributed by atoms with Crippen molar-refractivity contribution in [2.45, 2.75) is 0 Å². The minimum absolute atomic E-state index is 0.579. The van der Waals surface area contributed by atoms with Crippen LogP contribution in [0.15, 0.2) is 61.3 Å². The fourth-order valence-electron chi connectivity index (χ4n) is 2.63. The van der Waals surface area contributed by atoms with Crippen molar-refractivity contribution < 1.29 is 4.74 Å². The third-order valence-corrected chi connectivity index (χ3v) is 4.23. The van der Waals surface area contributed by atoms with Crippen molar-refractivity contribution in [3.05, 3.63) is 66.3 Å². The number of hydrogen-bond acceptors (Lipinski definition) is 6. The second-order valence-electron chi connectivity index (χ2n) is 5.52. The average molecular weight is 364 g/mol. The van der Waals surface area contributed by atoms with Crippen molar-refractivity contribution in [3.8, 4) is 17.0 Å². The molecule has 0 aliphatic heterocycles. The zero-order valence-electron chi connectivity index (χ0n) is 13.8. The number of hydrogen-bond donors (Lipinski definition) is 1. The predicted octanol–water partition coefficient (Wildman–Crippen LogP) is 4.49. The number of benzene rings is 1. The van der Waals surface area contributed by atoms with Crippen LogP contribution in [0.4, 0.5) is 11.5 Å². The number of halogens is 1. The molecule has 7 heteroatoms. The summed E-state index contributed by atoms with van der Waals surface area (Å²) in [7, 11) is 1.62. The largest absolute Gasteiger partial charge is 0.497 e. The summed E-state index contributed by atoms with van der Waals surface area (Å²) in [5.41, 5.74) is 3.17. The van der Waals surface area contributed by atoms with Gasteiger partial charge in [0.15, 0.2) is 0 Å². The summed E-state index contributed by atoms with van der Waals surface area (Å²) in [6, 6.07) is 11.2. The molecule has 6 nitrogen and oxygen atoms in total. The minimum Gasteiger partial charge on any atom is -0.497 e. The Morgan fingerprint density at radius 1 is 1.00 bits per heavy atom. The Balaban J connectivity index is 1.67. The van der Waals surface area contributed by atoms with Gasteiger partial charge in [0.05, 0.1) is 29.5 Å². The predicted molar refractivity (Wildman–Crippen MR) is 102 cm³/mol. The second-order valence-corrected chi connectivity index (χ2v) is 5.92. The van der Waals surface area contributed by atoms with Crippen LogP contribution in [0.3, 0.4) is 0 Å². The molecule has 0 saturated carbocycles. The SMILES string of the molecule is COc1ccnc(-c2ccc(Nc3ncnc4cnccc34)cc2Cl)c1. The maximum absolute atomic E-state index is 6.48. The number of methoxy groups -OCH3 is 1. The van der Waals surface area contributed by atoms with Crippen molar-refractivity contribution in [2.75, 3.05) is 12.4 Å². The van der Waals surface area contributed by atoms with Gasteiger partial charge in [-0.15, -0.1) is 0 Å². The monoisotopic (exact) mass is 363 g/mol. The van der Waals surface area contributed by atoms with Crippen LogP contribution < -0.4 is 10.1 Å². The number of anilines is 2. The Bertz CT molecular complexity index is 1080. The van der Waals surface area contributed by atoms with Crippen LogP contribution in [0.5, 0.6) is 5.75 Å². The first-order valence-electron chi connectivity index (χ1n) is 7.86. The van der Waals surface area contributed by atoms with E-state index in [4.69, 9.17) is 16.3 Å². The topological polar surface area (TPSA) is 72.8 Å². The van der Waals surface area contributed by atoms with E-state index in [0.717, 1.165) is 33.6 Å². The number of pyridine rings is 2. The number of rotatable bonds is 4. The van der Waals surface area contributed by atoms with Crippen LogP contribution in [0.25, 0.3) is 22.2 Å². The molecule has 0 bridgehead atoms. The summed E-state index contributed by atoms with van der Waals surface area (Å²) in [6.45, 7) is 0. The molecule has 3 aromatic heterocycles. The van der Waals surface area contributed by atoms with Crippen molar-refractivity contribution in [2.24, 2.45) is 0 Å². The molecule has 0 fully saturated rings. The van der Waals surface area contributed by atoms with Gasteiger partial charge in [-0.1, -0.05) is 11.6 Å². The second kappa shape index (κ2) is 6.93. The normalized spacial score (nSPS) is 10.7. The Morgan fingerprint density at radius 3 is 2.77 bits per heavy atom. The van der Waals surface area contributed by atoms with Crippen molar-refractivity contribution in [1.29, 1.82) is 0 Å². The average Bonchev–Trinajstić information content (AvgIpc) is 2.68. The van der Waals surface area contributed by atoms with E-state index in [1.165, 1.54) is 6.33 Å². The lowest BCUT2D eigenvalue weighted by Crippen LogP contribution is -1.96. The van der Waals surface area contributed by atoms with Crippen LogP contribution in [0.2, 0.25) is 5.02 Å². The van der Waals surface area contributed by atoms with E-state index in [9.17, 15) is 0 Å². The summed E-state index contributed by atoms with van der Waals surface area (Å²) in [5, 5.41) is 4.75. The summed E-state index contributed by atoms with van der Waals surface area (Å²) in [6.07, 6.45) is 6.61. The fraction of sp³-hybridized carbons (Fsp3) is 0.0526. The first-order valence-corrected chi connectivity index (χ1v) is 8.24. The zero-order chi connectivity index (χ0) is 17.9. The van der Waals surface area contributed by atoms with Gasteiger partial charge in [0.25, 0.3) is 0 Å². The lowest BCUT2D eigenvalue weighted by molar-refractivity contribution is 0.414. The summed E-state index contributed by atoms with van der Waals surface area (Å²) >= 11 is 6.48. The molecular weight excluding hydrogens is 350 g/mol. The molecule has 128 valence electrons. The van der Waals surface area contributed by atoms with E-state index >= 15 is 0 Å².